The van der Waals surface area contributed by atoms with Crippen molar-refractivity contribution in [2.24, 2.45) is 0 Å². The minimum absolute atomic E-state index is 0.122. The standard InChI is InChI=1S/C22H28N6O2/c1-4-5-18(29)27-10-8-16(9-11-27)20-23-21-19(22(30)24-20)25-26-28(21)13-17-12-14(2)6-7-15(17)3/h6-7,12,16H,4-5,8-11,13H2,1-3H3,(H,23,24,30). The first kappa shape index (κ1) is 20.3. The molecule has 158 valence electrons. The van der Waals surface area contributed by atoms with Crippen molar-refractivity contribution in [3.05, 3.63) is 51.1 Å². The first-order valence-corrected chi connectivity index (χ1v) is 10.6. The van der Waals surface area contributed by atoms with Crippen LogP contribution in [0.2, 0.25) is 0 Å². The molecule has 0 radical (unpaired) electrons. The van der Waals surface area contributed by atoms with Gasteiger partial charge in [-0.1, -0.05) is 35.9 Å². The van der Waals surface area contributed by atoms with E-state index in [1.165, 1.54) is 11.1 Å². The smallest absolute Gasteiger partial charge is 0.281 e. The lowest BCUT2D eigenvalue weighted by molar-refractivity contribution is -0.132. The summed E-state index contributed by atoms with van der Waals surface area (Å²) in [6.45, 7) is 8.05. The Morgan fingerprint density at radius 2 is 2.00 bits per heavy atom. The number of likely N-dealkylation sites (tertiary alicyclic amines) is 1. The van der Waals surface area contributed by atoms with E-state index in [1.54, 1.807) is 4.68 Å². The van der Waals surface area contributed by atoms with E-state index in [2.05, 4.69) is 47.3 Å². The lowest BCUT2D eigenvalue weighted by Crippen LogP contribution is -2.38. The zero-order valence-electron chi connectivity index (χ0n) is 17.8. The number of H-pyrrole nitrogens is 1. The van der Waals surface area contributed by atoms with Gasteiger partial charge in [0.15, 0.2) is 11.2 Å². The molecule has 0 saturated carbocycles. The Kier molecular flexibility index (Phi) is 5.65. The van der Waals surface area contributed by atoms with Crippen molar-refractivity contribution < 1.29 is 4.79 Å². The minimum atomic E-state index is -0.258. The number of piperidine rings is 1. The zero-order chi connectivity index (χ0) is 21.3. The Morgan fingerprint density at radius 1 is 1.23 bits per heavy atom. The monoisotopic (exact) mass is 408 g/mol. The van der Waals surface area contributed by atoms with Gasteiger partial charge in [-0.3, -0.25) is 9.59 Å². The SMILES string of the molecule is CCCC(=O)N1CCC(c2nc3c(nnn3Cc3cc(C)ccc3C)c(=O)[nH]2)CC1. The van der Waals surface area contributed by atoms with Crippen molar-refractivity contribution in [2.45, 2.75) is 58.9 Å². The molecule has 4 rings (SSSR count). The summed E-state index contributed by atoms with van der Waals surface area (Å²) in [5.74, 6) is 1.00. The number of benzene rings is 1. The molecule has 1 aliphatic rings. The van der Waals surface area contributed by atoms with E-state index in [1.807, 2.05) is 11.8 Å². The molecule has 0 aliphatic carbocycles. The van der Waals surface area contributed by atoms with Gasteiger partial charge in [-0.05, 0) is 44.2 Å². The average Bonchev–Trinajstić information content (AvgIpc) is 3.14. The molecular formula is C22H28N6O2. The van der Waals surface area contributed by atoms with Crippen LogP contribution in [0.1, 0.15) is 61.0 Å². The molecule has 0 atom stereocenters. The Hall–Kier alpha value is -3.03. The fraction of sp³-hybridized carbons (Fsp3) is 0.500. The summed E-state index contributed by atoms with van der Waals surface area (Å²) in [6.07, 6.45) is 3.04. The molecule has 8 heteroatoms. The molecule has 30 heavy (non-hydrogen) atoms. The highest BCUT2D eigenvalue weighted by molar-refractivity contribution is 5.76. The number of carbonyl (C=O) groups is 1. The van der Waals surface area contributed by atoms with Gasteiger partial charge in [0, 0.05) is 25.4 Å². The number of aromatic amines is 1. The van der Waals surface area contributed by atoms with E-state index in [4.69, 9.17) is 4.98 Å². The number of fused-ring (bicyclic) bond motifs is 1. The largest absolute Gasteiger partial charge is 0.343 e. The molecule has 0 spiro atoms. The van der Waals surface area contributed by atoms with Crippen LogP contribution in [0.4, 0.5) is 0 Å². The summed E-state index contributed by atoms with van der Waals surface area (Å²) in [5, 5.41) is 8.26. The van der Waals surface area contributed by atoms with E-state index in [0.29, 0.717) is 37.5 Å². The van der Waals surface area contributed by atoms with E-state index in [0.717, 1.165) is 24.8 Å². The Balaban J connectivity index is 1.59. The maximum Gasteiger partial charge on any atom is 0.281 e. The Morgan fingerprint density at radius 3 is 2.73 bits per heavy atom. The predicted octanol–water partition coefficient (Wildman–Crippen LogP) is 2.69. The molecule has 1 fully saturated rings. The fourth-order valence-electron chi connectivity index (χ4n) is 4.09. The third kappa shape index (κ3) is 3.99. The fourth-order valence-corrected chi connectivity index (χ4v) is 4.09. The van der Waals surface area contributed by atoms with Gasteiger partial charge in [0.25, 0.3) is 5.56 Å². The second-order valence-electron chi connectivity index (χ2n) is 8.21. The van der Waals surface area contributed by atoms with Crippen LogP contribution < -0.4 is 5.56 Å². The summed E-state index contributed by atoms with van der Waals surface area (Å²) in [4.78, 5) is 34.3. The first-order chi connectivity index (χ1) is 14.5. The number of carbonyl (C=O) groups excluding carboxylic acids is 1. The third-order valence-corrected chi connectivity index (χ3v) is 5.91. The number of aromatic nitrogens is 5. The van der Waals surface area contributed by atoms with Crippen LogP contribution in [0.5, 0.6) is 0 Å². The van der Waals surface area contributed by atoms with Crippen LogP contribution in [0, 0.1) is 13.8 Å². The van der Waals surface area contributed by atoms with Gasteiger partial charge in [0.1, 0.15) is 5.82 Å². The van der Waals surface area contributed by atoms with Gasteiger partial charge >= 0.3 is 0 Å². The van der Waals surface area contributed by atoms with Crippen LogP contribution in [0.15, 0.2) is 23.0 Å². The van der Waals surface area contributed by atoms with Crippen LogP contribution in [0.25, 0.3) is 11.2 Å². The summed E-state index contributed by atoms with van der Waals surface area (Å²) >= 11 is 0. The third-order valence-electron chi connectivity index (χ3n) is 5.91. The van der Waals surface area contributed by atoms with E-state index >= 15 is 0 Å². The molecule has 1 aliphatic heterocycles. The minimum Gasteiger partial charge on any atom is -0.343 e. The quantitative estimate of drug-likeness (QED) is 0.700. The van der Waals surface area contributed by atoms with Crippen molar-refractivity contribution in [3.63, 3.8) is 0 Å². The van der Waals surface area contributed by atoms with Crippen molar-refractivity contribution in [1.82, 2.24) is 29.9 Å². The van der Waals surface area contributed by atoms with Gasteiger partial charge in [0.2, 0.25) is 5.91 Å². The Bertz CT molecular complexity index is 1120. The number of nitrogens with zero attached hydrogens (tertiary/aromatic N) is 5. The molecule has 0 bridgehead atoms. The van der Waals surface area contributed by atoms with Crippen LogP contribution >= 0.6 is 0 Å². The van der Waals surface area contributed by atoms with E-state index < -0.39 is 0 Å². The van der Waals surface area contributed by atoms with Crippen LogP contribution in [0.3, 0.4) is 0 Å². The normalized spacial score (nSPS) is 15.1. The predicted molar refractivity (Wildman–Crippen MR) is 114 cm³/mol. The van der Waals surface area contributed by atoms with Crippen molar-refractivity contribution in [2.75, 3.05) is 13.1 Å². The zero-order valence-corrected chi connectivity index (χ0v) is 17.8. The number of hydrogen-bond donors (Lipinski definition) is 1. The molecular weight excluding hydrogens is 380 g/mol. The maximum atomic E-state index is 12.6. The maximum absolute atomic E-state index is 12.6. The molecule has 1 saturated heterocycles. The number of hydrogen-bond acceptors (Lipinski definition) is 5. The number of aryl methyl sites for hydroxylation is 2. The highest BCUT2D eigenvalue weighted by atomic mass is 16.2. The van der Waals surface area contributed by atoms with Gasteiger partial charge < -0.3 is 9.88 Å². The van der Waals surface area contributed by atoms with Crippen molar-refractivity contribution in [3.8, 4) is 0 Å². The summed E-state index contributed by atoms with van der Waals surface area (Å²) in [5.41, 5.74) is 3.99. The molecule has 1 N–H and O–H groups in total. The van der Waals surface area contributed by atoms with Crippen LogP contribution in [-0.2, 0) is 11.3 Å². The molecule has 0 unspecified atom stereocenters. The average molecular weight is 409 g/mol. The molecule has 3 aromatic rings. The summed E-state index contributed by atoms with van der Waals surface area (Å²) in [7, 11) is 0. The van der Waals surface area contributed by atoms with Gasteiger partial charge in [0.05, 0.1) is 6.54 Å². The summed E-state index contributed by atoms with van der Waals surface area (Å²) in [6, 6.07) is 6.29. The second kappa shape index (κ2) is 8.38. The number of nitrogens with one attached hydrogen (secondary N) is 1. The Labute approximate surface area is 175 Å². The number of amides is 1. The lowest BCUT2D eigenvalue weighted by Gasteiger charge is -2.31. The highest BCUT2D eigenvalue weighted by Gasteiger charge is 2.26. The molecule has 1 amide bonds. The second-order valence-corrected chi connectivity index (χ2v) is 8.21. The molecule has 8 nitrogen and oxygen atoms in total. The van der Waals surface area contributed by atoms with Gasteiger partial charge in [-0.2, -0.15) is 0 Å². The topological polar surface area (TPSA) is 96.8 Å². The number of rotatable bonds is 5. The van der Waals surface area contributed by atoms with E-state index in [-0.39, 0.29) is 22.9 Å². The first-order valence-electron chi connectivity index (χ1n) is 10.6. The van der Waals surface area contributed by atoms with Crippen molar-refractivity contribution in [1.29, 1.82) is 0 Å². The highest BCUT2D eigenvalue weighted by Crippen LogP contribution is 2.26. The van der Waals surface area contributed by atoms with Crippen LogP contribution in [-0.4, -0.2) is 48.9 Å². The van der Waals surface area contributed by atoms with Crippen molar-refractivity contribution >= 4 is 17.1 Å². The van der Waals surface area contributed by atoms with Gasteiger partial charge in [-0.25, -0.2) is 9.67 Å². The molecule has 3 heterocycles. The summed E-state index contributed by atoms with van der Waals surface area (Å²) < 4.78 is 1.70. The van der Waals surface area contributed by atoms with E-state index in [9.17, 15) is 9.59 Å². The molecule has 2 aromatic heterocycles. The lowest BCUT2D eigenvalue weighted by atomic mass is 9.95. The van der Waals surface area contributed by atoms with Gasteiger partial charge in [-0.15, -0.1) is 5.10 Å². The molecule has 1 aromatic carbocycles.